The van der Waals surface area contributed by atoms with Gasteiger partial charge in [0.25, 0.3) is 0 Å². The SMILES string of the molecule is CN(C)c1ccc(CNC(=O)NC(CN2CCCCCC2=O)c2ccccc2)cn1. The van der Waals surface area contributed by atoms with Crippen molar-refractivity contribution in [3.63, 3.8) is 0 Å². The zero-order chi connectivity index (χ0) is 21.3. The van der Waals surface area contributed by atoms with Crippen LogP contribution in [0.3, 0.4) is 0 Å². The molecular weight excluding hydrogens is 378 g/mol. The molecule has 0 bridgehead atoms. The molecule has 7 heteroatoms. The van der Waals surface area contributed by atoms with Crippen LogP contribution in [0, 0.1) is 0 Å². The lowest BCUT2D eigenvalue weighted by Crippen LogP contribution is -2.44. The standard InChI is InChI=1S/C23H31N5O2/c1-27(2)21-13-12-18(15-24-21)16-25-23(30)26-20(19-9-5-3-6-10-19)17-28-14-8-4-7-11-22(28)29/h3,5-6,9-10,12-13,15,20H,4,7-8,11,14,16-17H2,1-2H3,(H2,25,26,30). The van der Waals surface area contributed by atoms with Crippen molar-refractivity contribution in [3.05, 3.63) is 59.8 Å². The number of hydrogen-bond acceptors (Lipinski definition) is 4. The molecule has 0 spiro atoms. The van der Waals surface area contributed by atoms with Crippen LogP contribution in [0.1, 0.15) is 42.9 Å². The Kier molecular flexibility index (Phi) is 7.65. The predicted molar refractivity (Wildman–Crippen MR) is 118 cm³/mol. The average molecular weight is 410 g/mol. The van der Waals surface area contributed by atoms with Gasteiger partial charge >= 0.3 is 6.03 Å². The van der Waals surface area contributed by atoms with Crippen LogP contribution in [0.4, 0.5) is 10.6 Å². The summed E-state index contributed by atoms with van der Waals surface area (Å²) < 4.78 is 0. The predicted octanol–water partition coefficient (Wildman–Crippen LogP) is 3.09. The lowest BCUT2D eigenvalue weighted by atomic mass is 10.1. The number of nitrogens with zero attached hydrogens (tertiary/aromatic N) is 3. The Balaban J connectivity index is 1.62. The summed E-state index contributed by atoms with van der Waals surface area (Å²) in [5.41, 5.74) is 1.91. The summed E-state index contributed by atoms with van der Waals surface area (Å²) in [4.78, 5) is 33.2. The minimum Gasteiger partial charge on any atom is -0.363 e. The van der Waals surface area contributed by atoms with Gasteiger partial charge in [-0.3, -0.25) is 4.79 Å². The lowest BCUT2D eigenvalue weighted by Gasteiger charge is -2.27. The summed E-state index contributed by atoms with van der Waals surface area (Å²) >= 11 is 0. The fourth-order valence-electron chi connectivity index (χ4n) is 3.55. The first-order valence-electron chi connectivity index (χ1n) is 10.5. The molecule has 1 atom stereocenters. The number of benzene rings is 1. The van der Waals surface area contributed by atoms with Gasteiger partial charge in [0.05, 0.1) is 6.04 Å². The molecule has 0 radical (unpaired) electrons. The van der Waals surface area contributed by atoms with E-state index in [0.717, 1.165) is 42.8 Å². The first kappa shape index (κ1) is 21.6. The van der Waals surface area contributed by atoms with Crippen molar-refractivity contribution in [2.75, 3.05) is 32.1 Å². The van der Waals surface area contributed by atoms with Gasteiger partial charge in [0.2, 0.25) is 5.91 Å². The number of anilines is 1. The zero-order valence-corrected chi connectivity index (χ0v) is 17.8. The van der Waals surface area contributed by atoms with E-state index in [9.17, 15) is 9.59 Å². The van der Waals surface area contributed by atoms with Gasteiger partial charge in [-0.2, -0.15) is 0 Å². The zero-order valence-electron chi connectivity index (χ0n) is 17.8. The molecule has 1 fully saturated rings. The number of pyridine rings is 1. The normalized spacial score (nSPS) is 15.3. The fourth-order valence-corrected chi connectivity index (χ4v) is 3.55. The van der Waals surface area contributed by atoms with Crippen LogP contribution in [0.2, 0.25) is 0 Å². The second-order valence-corrected chi connectivity index (χ2v) is 7.86. The monoisotopic (exact) mass is 409 g/mol. The molecule has 1 aromatic heterocycles. The largest absolute Gasteiger partial charge is 0.363 e. The molecule has 3 rings (SSSR count). The van der Waals surface area contributed by atoms with Gasteiger partial charge in [-0.1, -0.05) is 42.8 Å². The van der Waals surface area contributed by atoms with Gasteiger partial charge < -0.3 is 20.4 Å². The van der Waals surface area contributed by atoms with E-state index in [0.29, 0.717) is 19.5 Å². The van der Waals surface area contributed by atoms with Crippen LogP contribution in [-0.2, 0) is 11.3 Å². The number of likely N-dealkylation sites (tertiary alicyclic amines) is 1. The van der Waals surface area contributed by atoms with E-state index in [1.165, 1.54) is 0 Å². The second-order valence-electron chi connectivity index (χ2n) is 7.86. The van der Waals surface area contributed by atoms with Gasteiger partial charge in [-0.05, 0) is 30.0 Å². The average Bonchev–Trinajstić information content (AvgIpc) is 2.96. The lowest BCUT2D eigenvalue weighted by molar-refractivity contribution is -0.131. The highest BCUT2D eigenvalue weighted by Crippen LogP contribution is 2.18. The number of carbonyl (C=O) groups is 2. The molecule has 1 unspecified atom stereocenters. The Morgan fingerprint density at radius 2 is 1.93 bits per heavy atom. The summed E-state index contributed by atoms with van der Waals surface area (Å²) in [7, 11) is 3.87. The van der Waals surface area contributed by atoms with E-state index in [2.05, 4.69) is 15.6 Å². The Labute approximate surface area is 178 Å². The van der Waals surface area contributed by atoms with Crippen molar-refractivity contribution >= 4 is 17.8 Å². The quantitative estimate of drug-likeness (QED) is 0.737. The van der Waals surface area contributed by atoms with Crippen LogP contribution >= 0.6 is 0 Å². The molecule has 1 aliphatic rings. The minimum absolute atomic E-state index is 0.169. The molecule has 2 N–H and O–H groups in total. The maximum atomic E-state index is 12.6. The maximum Gasteiger partial charge on any atom is 0.315 e. The maximum absolute atomic E-state index is 12.6. The van der Waals surface area contributed by atoms with Gasteiger partial charge in [0, 0.05) is 46.3 Å². The number of amides is 3. The number of nitrogens with one attached hydrogen (secondary N) is 2. The molecule has 0 saturated carbocycles. The molecule has 1 aromatic carbocycles. The van der Waals surface area contributed by atoms with Crippen LogP contribution in [-0.4, -0.2) is 49.0 Å². The smallest absolute Gasteiger partial charge is 0.315 e. The van der Waals surface area contributed by atoms with Crippen molar-refractivity contribution < 1.29 is 9.59 Å². The van der Waals surface area contributed by atoms with E-state index in [1.807, 2.05) is 66.4 Å². The summed E-state index contributed by atoms with van der Waals surface area (Å²) in [6.45, 7) is 1.61. The van der Waals surface area contributed by atoms with E-state index in [4.69, 9.17) is 0 Å². The molecular formula is C23H31N5O2. The number of rotatable bonds is 7. The first-order chi connectivity index (χ1) is 14.5. The molecule has 160 valence electrons. The van der Waals surface area contributed by atoms with Gasteiger partial charge in [-0.15, -0.1) is 0 Å². The first-order valence-corrected chi connectivity index (χ1v) is 10.5. The summed E-state index contributed by atoms with van der Waals surface area (Å²) in [5, 5.41) is 5.95. The van der Waals surface area contributed by atoms with Crippen molar-refractivity contribution in [3.8, 4) is 0 Å². The molecule has 30 heavy (non-hydrogen) atoms. The highest BCUT2D eigenvalue weighted by molar-refractivity contribution is 5.77. The number of carbonyl (C=O) groups excluding carboxylic acids is 2. The number of hydrogen-bond donors (Lipinski definition) is 2. The third-order valence-corrected chi connectivity index (χ3v) is 5.30. The fraction of sp³-hybridized carbons (Fsp3) is 0.435. The van der Waals surface area contributed by atoms with Gasteiger partial charge in [-0.25, -0.2) is 9.78 Å². The van der Waals surface area contributed by atoms with Gasteiger partial charge in [0.15, 0.2) is 0 Å². The van der Waals surface area contributed by atoms with Gasteiger partial charge in [0.1, 0.15) is 5.82 Å². The van der Waals surface area contributed by atoms with Crippen molar-refractivity contribution in [1.82, 2.24) is 20.5 Å². The molecule has 3 amide bonds. The molecule has 2 heterocycles. The van der Waals surface area contributed by atoms with E-state index in [-0.39, 0.29) is 18.0 Å². The Morgan fingerprint density at radius 3 is 2.63 bits per heavy atom. The Morgan fingerprint density at radius 1 is 1.13 bits per heavy atom. The third kappa shape index (κ3) is 6.20. The highest BCUT2D eigenvalue weighted by atomic mass is 16.2. The van der Waals surface area contributed by atoms with E-state index < -0.39 is 0 Å². The highest BCUT2D eigenvalue weighted by Gasteiger charge is 2.23. The molecule has 1 saturated heterocycles. The van der Waals surface area contributed by atoms with Crippen LogP contribution in [0.5, 0.6) is 0 Å². The van der Waals surface area contributed by atoms with Crippen molar-refractivity contribution in [2.24, 2.45) is 0 Å². The Bertz CT molecular complexity index is 823. The van der Waals surface area contributed by atoms with E-state index in [1.54, 1.807) is 6.20 Å². The number of urea groups is 1. The minimum atomic E-state index is -0.262. The summed E-state index contributed by atoms with van der Waals surface area (Å²) in [6, 6.07) is 13.2. The molecule has 7 nitrogen and oxygen atoms in total. The van der Waals surface area contributed by atoms with E-state index >= 15 is 0 Å². The summed E-state index contributed by atoms with van der Waals surface area (Å²) in [5.74, 6) is 1.04. The van der Waals surface area contributed by atoms with Crippen molar-refractivity contribution in [2.45, 2.75) is 38.3 Å². The molecule has 0 aliphatic carbocycles. The third-order valence-electron chi connectivity index (χ3n) is 5.30. The summed E-state index contributed by atoms with van der Waals surface area (Å²) in [6.07, 6.45) is 5.38. The number of aromatic nitrogens is 1. The Hall–Kier alpha value is -3.09. The van der Waals surface area contributed by atoms with Crippen LogP contribution in [0.25, 0.3) is 0 Å². The second kappa shape index (κ2) is 10.6. The topological polar surface area (TPSA) is 77.6 Å². The van der Waals surface area contributed by atoms with Crippen molar-refractivity contribution in [1.29, 1.82) is 0 Å². The molecule has 2 aromatic rings. The van der Waals surface area contributed by atoms with Crippen LogP contribution in [0.15, 0.2) is 48.7 Å². The molecule has 1 aliphatic heterocycles. The van der Waals surface area contributed by atoms with Crippen LogP contribution < -0.4 is 15.5 Å².